The molecule has 16 heteroatoms. The van der Waals surface area contributed by atoms with Crippen LogP contribution in [0.1, 0.15) is 80.1 Å². The van der Waals surface area contributed by atoms with Gasteiger partial charge >= 0.3 is 12.1 Å². The topological polar surface area (TPSA) is 202 Å². The highest BCUT2D eigenvalue weighted by atomic mass is 32.1. The van der Waals surface area contributed by atoms with Crippen LogP contribution >= 0.6 is 11.3 Å². The van der Waals surface area contributed by atoms with Crippen LogP contribution in [-0.2, 0) is 19.1 Å². The Kier molecular flexibility index (Phi) is 11.3. The van der Waals surface area contributed by atoms with Gasteiger partial charge in [-0.05, 0) is 74.8 Å². The Bertz CT molecular complexity index is 2010. The van der Waals surface area contributed by atoms with Crippen molar-refractivity contribution >= 4 is 51.2 Å². The minimum absolute atomic E-state index is 0.0144. The number of benzene rings is 1. The smallest absolute Gasteiger partial charge is 0.408 e. The standard InChI is InChI=1S/C41H54N6O9S/c1-7-24-18-41(24,37(51)52)46-35(49)32-16-27(19-47(32)36(50)34(40(4,5)6)45-39(53)56-26-13-22-12-23(22)14-26)55-33-17-30(31-20-57-38(44-31)42-21(2)3)43-29-15-25(54-11-10-48)8-9-28(29)33/h8-9,15,17,20-24,26-27,32,34,48H,7,10-14,16,18-19H2,1-6H3,(H,42,44)(H,45,53)(H,46,49)(H,51,52)/t22-,23+,24-,26?,27-,32+,34-,41+/m1/s1. The number of amides is 3. The molecule has 5 N–H and O–H groups in total. The fraction of sp³-hybridized carbons (Fsp3) is 0.610. The van der Waals surface area contributed by atoms with Crippen LogP contribution in [0.25, 0.3) is 22.3 Å². The van der Waals surface area contributed by atoms with Crippen molar-refractivity contribution in [1.82, 2.24) is 25.5 Å². The molecule has 2 aromatic heterocycles. The van der Waals surface area contributed by atoms with Gasteiger partial charge in [-0.1, -0.05) is 34.1 Å². The molecule has 7 rings (SSSR count). The Balaban J connectivity index is 1.19. The number of aliphatic hydroxyl groups excluding tert-OH is 1. The lowest BCUT2D eigenvalue weighted by atomic mass is 9.85. The van der Waals surface area contributed by atoms with Gasteiger partial charge < -0.3 is 45.3 Å². The van der Waals surface area contributed by atoms with E-state index in [1.54, 1.807) is 24.3 Å². The predicted octanol–water partition coefficient (Wildman–Crippen LogP) is 5.21. The Morgan fingerprint density at radius 3 is 2.44 bits per heavy atom. The van der Waals surface area contributed by atoms with Crippen molar-refractivity contribution in [2.24, 2.45) is 23.2 Å². The number of fused-ring (bicyclic) bond motifs is 2. The van der Waals surface area contributed by atoms with Crippen LogP contribution in [-0.4, -0.2) is 105 Å². The van der Waals surface area contributed by atoms with Crippen LogP contribution in [0.2, 0.25) is 0 Å². The second-order valence-corrected chi connectivity index (χ2v) is 18.2. The number of aliphatic hydroxyl groups is 1. The van der Waals surface area contributed by atoms with Gasteiger partial charge in [0.1, 0.15) is 53.6 Å². The SMILES string of the molecule is CC[C@@H]1C[C@@]1(NC(=O)[C@@H]1C[C@@H](Oc2cc(-c3csc(NC(C)C)n3)nc3cc(OCCO)ccc23)CN1C(=O)[C@@H](NC(=O)OC1C[C@@H]2C[C@@H]2C1)C(C)(C)C)C(=O)O. The quantitative estimate of drug-likeness (QED) is 0.135. The van der Waals surface area contributed by atoms with Gasteiger partial charge in [0, 0.05) is 35.4 Å². The summed E-state index contributed by atoms with van der Waals surface area (Å²) in [6.07, 6.45) is 2.18. The number of alkyl carbamates (subject to hydrolysis) is 1. The number of hydrogen-bond donors (Lipinski definition) is 5. The third-order valence-electron chi connectivity index (χ3n) is 11.6. The number of carboxylic acid groups (broad SMARTS) is 1. The average Bonchev–Trinajstić information content (AvgIpc) is 3.82. The van der Waals surface area contributed by atoms with E-state index in [1.165, 1.54) is 22.7 Å². The first-order valence-electron chi connectivity index (χ1n) is 20.0. The van der Waals surface area contributed by atoms with Crippen LogP contribution in [0.5, 0.6) is 11.5 Å². The number of pyridine rings is 1. The molecule has 3 heterocycles. The molecule has 4 aliphatic rings. The van der Waals surface area contributed by atoms with E-state index >= 15 is 0 Å². The maximum absolute atomic E-state index is 14.7. The largest absolute Gasteiger partial charge is 0.491 e. The molecule has 0 radical (unpaired) electrons. The fourth-order valence-electron chi connectivity index (χ4n) is 8.38. The van der Waals surface area contributed by atoms with Gasteiger partial charge in [0.05, 0.1) is 24.4 Å². The van der Waals surface area contributed by atoms with Crippen LogP contribution in [0.4, 0.5) is 9.93 Å². The monoisotopic (exact) mass is 806 g/mol. The first-order chi connectivity index (χ1) is 27.1. The van der Waals surface area contributed by atoms with E-state index in [1.807, 2.05) is 46.9 Å². The van der Waals surface area contributed by atoms with Crippen molar-refractivity contribution in [3.8, 4) is 22.9 Å². The highest BCUT2D eigenvalue weighted by molar-refractivity contribution is 7.14. The number of carboxylic acids is 1. The number of nitrogens with zero attached hydrogens (tertiary/aromatic N) is 3. The Hall–Kier alpha value is -4.70. The summed E-state index contributed by atoms with van der Waals surface area (Å²) in [5, 5.41) is 31.7. The molecule has 3 aliphatic carbocycles. The van der Waals surface area contributed by atoms with Gasteiger partial charge in [-0.25, -0.2) is 19.6 Å². The van der Waals surface area contributed by atoms with E-state index in [0.717, 1.165) is 18.0 Å². The van der Waals surface area contributed by atoms with Crippen molar-refractivity contribution in [3.63, 3.8) is 0 Å². The molecule has 3 amide bonds. The van der Waals surface area contributed by atoms with Crippen LogP contribution < -0.4 is 25.4 Å². The Morgan fingerprint density at radius 2 is 1.79 bits per heavy atom. The van der Waals surface area contributed by atoms with Gasteiger partial charge in [-0.15, -0.1) is 11.3 Å². The number of hydrogen-bond acceptors (Lipinski definition) is 12. The first kappa shape index (κ1) is 40.5. The van der Waals surface area contributed by atoms with Gasteiger partial charge in [-0.3, -0.25) is 9.59 Å². The summed E-state index contributed by atoms with van der Waals surface area (Å²) in [5.41, 5.74) is -0.490. The van der Waals surface area contributed by atoms with E-state index in [-0.39, 0.29) is 44.2 Å². The number of likely N-dealkylation sites (tertiary alicyclic amines) is 1. The molecule has 1 unspecified atom stereocenters. The lowest BCUT2D eigenvalue weighted by molar-refractivity contribution is -0.146. The highest BCUT2D eigenvalue weighted by Gasteiger charge is 2.61. The molecular formula is C41H54N6O9S. The van der Waals surface area contributed by atoms with Crippen LogP contribution in [0.15, 0.2) is 29.6 Å². The number of aliphatic carboxylic acids is 1. The molecule has 57 heavy (non-hydrogen) atoms. The predicted molar refractivity (Wildman–Crippen MR) is 213 cm³/mol. The van der Waals surface area contributed by atoms with Gasteiger partial charge in [0.2, 0.25) is 11.8 Å². The average molecular weight is 807 g/mol. The van der Waals surface area contributed by atoms with Crippen molar-refractivity contribution in [2.45, 2.75) is 116 Å². The van der Waals surface area contributed by atoms with Crippen molar-refractivity contribution in [3.05, 3.63) is 29.6 Å². The van der Waals surface area contributed by atoms with Crippen molar-refractivity contribution < 1.29 is 43.6 Å². The van der Waals surface area contributed by atoms with E-state index in [2.05, 4.69) is 16.0 Å². The number of nitrogens with one attached hydrogen (secondary N) is 3. The number of carbonyl (C=O) groups is 4. The molecule has 3 saturated carbocycles. The van der Waals surface area contributed by atoms with Gasteiger partial charge in [0.15, 0.2) is 5.13 Å². The molecule has 4 fully saturated rings. The summed E-state index contributed by atoms with van der Waals surface area (Å²) in [7, 11) is 0. The number of rotatable bonds is 15. The van der Waals surface area contributed by atoms with Gasteiger partial charge in [0.25, 0.3) is 0 Å². The summed E-state index contributed by atoms with van der Waals surface area (Å²) in [5.74, 6) is -0.277. The van der Waals surface area contributed by atoms with Crippen LogP contribution in [0, 0.1) is 23.2 Å². The van der Waals surface area contributed by atoms with Gasteiger partial charge in [-0.2, -0.15) is 0 Å². The number of ether oxygens (including phenoxy) is 3. The zero-order chi connectivity index (χ0) is 40.8. The summed E-state index contributed by atoms with van der Waals surface area (Å²) in [6, 6.07) is 5.11. The van der Waals surface area contributed by atoms with Crippen LogP contribution in [0.3, 0.4) is 0 Å². The number of thiazole rings is 1. The molecule has 8 atom stereocenters. The minimum Gasteiger partial charge on any atom is -0.491 e. The van der Waals surface area contributed by atoms with Crippen molar-refractivity contribution in [1.29, 1.82) is 0 Å². The second-order valence-electron chi connectivity index (χ2n) is 17.3. The zero-order valence-electron chi connectivity index (χ0n) is 33.4. The molecule has 3 aromatic rings. The molecule has 15 nitrogen and oxygen atoms in total. The lowest BCUT2D eigenvalue weighted by Gasteiger charge is -2.35. The summed E-state index contributed by atoms with van der Waals surface area (Å²) >= 11 is 1.45. The lowest BCUT2D eigenvalue weighted by Crippen LogP contribution is -2.59. The summed E-state index contributed by atoms with van der Waals surface area (Å²) in [6.45, 7) is 11.4. The van der Waals surface area contributed by atoms with E-state index < -0.39 is 53.0 Å². The number of aromatic nitrogens is 2. The van der Waals surface area contributed by atoms with E-state index in [0.29, 0.717) is 58.5 Å². The molecular weight excluding hydrogens is 753 g/mol. The molecule has 308 valence electrons. The normalized spacial score (nSPS) is 26.8. The molecule has 1 aliphatic heterocycles. The first-order valence-corrected chi connectivity index (χ1v) is 20.9. The summed E-state index contributed by atoms with van der Waals surface area (Å²) in [4.78, 5) is 65.6. The zero-order valence-corrected chi connectivity index (χ0v) is 34.2. The third-order valence-corrected chi connectivity index (χ3v) is 12.4. The maximum atomic E-state index is 14.7. The Morgan fingerprint density at radius 1 is 1.04 bits per heavy atom. The second kappa shape index (κ2) is 15.9. The third kappa shape index (κ3) is 8.76. The number of carbonyl (C=O) groups excluding carboxylic acids is 3. The number of anilines is 1. The highest BCUT2D eigenvalue weighted by Crippen LogP contribution is 2.52. The Labute approximate surface area is 336 Å². The minimum atomic E-state index is -1.41. The molecule has 1 aromatic carbocycles. The van der Waals surface area contributed by atoms with Crippen molar-refractivity contribution in [2.75, 3.05) is 25.1 Å². The van der Waals surface area contributed by atoms with E-state index in [9.17, 15) is 29.4 Å². The molecule has 0 bridgehead atoms. The van der Waals surface area contributed by atoms with E-state index in [4.69, 9.17) is 24.2 Å². The maximum Gasteiger partial charge on any atom is 0.408 e. The fourth-order valence-corrected chi connectivity index (χ4v) is 9.24. The molecule has 0 spiro atoms. The molecule has 1 saturated heterocycles. The summed E-state index contributed by atoms with van der Waals surface area (Å²) < 4.78 is 18.2.